The average molecular weight is 246 g/mol. The Morgan fingerprint density at radius 2 is 1.33 bits per heavy atom. The molecule has 0 N–H and O–H groups in total. The summed E-state index contributed by atoms with van der Waals surface area (Å²) in [6.45, 7) is 11.9. The van der Waals surface area contributed by atoms with E-state index < -0.39 is 0 Å². The summed E-state index contributed by atoms with van der Waals surface area (Å²) >= 11 is 0. The van der Waals surface area contributed by atoms with E-state index in [-0.39, 0.29) is 18.9 Å². The minimum atomic E-state index is 0. The zero-order valence-electron chi connectivity index (χ0n) is 12.1. The summed E-state index contributed by atoms with van der Waals surface area (Å²) in [5, 5.41) is 0. The summed E-state index contributed by atoms with van der Waals surface area (Å²) in [4.78, 5) is 2.58. The number of unbranched alkanes of at least 4 members (excludes halogenated alkanes) is 6. The van der Waals surface area contributed by atoms with Gasteiger partial charge in [-0.1, -0.05) is 64.5 Å². The molecule has 0 spiro atoms. The Labute approximate surface area is 128 Å². The van der Waals surface area contributed by atoms with Crippen LogP contribution in [0.3, 0.4) is 0 Å². The summed E-state index contributed by atoms with van der Waals surface area (Å²) in [7, 11) is 0. The Hall–Kier alpha value is 0.297. The van der Waals surface area contributed by atoms with Crippen LogP contribution in [0.15, 0.2) is 12.2 Å². The van der Waals surface area contributed by atoms with Gasteiger partial charge in [-0.25, -0.2) is 0 Å². The number of hydrogen-bond donors (Lipinski definition) is 0. The fraction of sp³-hybridized carbons (Fsp3) is 0.812. The van der Waals surface area contributed by atoms with Crippen molar-refractivity contribution in [2.45, 2.75) is 65.2 Å². The molecule has 0 saturated carbocycles. The second-order valence-corrected chi connectivity index (χ2v) is 4.89. The minimum absolute atomic E-state index is 0. The van der Waals surface area contributed by atoms with Crippen LogP contribution in [-0.2, 0) is 0 Å². The first kappa shape index (κ1) is 20.6. The van der Waals surface area contributed by atoms with E-state index >= 15 is 0 Å². The molecule has 0 aromatic heterocycles. The topological polar surface area (TPSA) is 3.24 Å². The summed E-state index contributed by atoms with van der Waals surface area (Å²) in [6, 6.07) is 0. The number of hydrogen-bond acceptors (Lipinski definition) is 1. The molecule has 0 unspecified atom stereocenters. The van der Waals surface area contributed by atoms with Crippen LogP contribution in [0.4, 0.5) is 0 Å². The van der Waals surface area contributed by atoms with E-state index in [1.807, 2.05) is 6.08 Å². The van der Waals surface area contributed by atoms with E-state index in [9.17, 15) is 0 Å². The van der Waals surface area contributed by atoms with Crippen LogP contribution >= 0.6 is 0 Å². The van der Waals surface area contributed by atoms with Crippen LogP contribution in [0.5, 0.6) is 0 Å². The zero-order chi connectivity index (χ0) is 12.8. The van der Waals surface area contributed by atoms with Crippen LogP contribution in [0, 0.1) is 6.92 Å². The maximum atomic E-state index is 3.77. The molecule has 0 aliphatic rings. The molecule has 1 radical (unpaired) electrons. The molecule has 0 rings (SSSR count). The van der Waals surface area contributed by atoms with Crippen LogP contribution in [0.2, 0.25) is 0 Å². The van der Waals surface area contributed by atoms with Crippen molar-refractivity contribution in [1.82, 2.24) is 4.90 Å². The van der Waals surface area contributed by atoms with Gasteiger partial charge in [0.1, 0.15) is 0 Å². The monoisotopic (exact) mass is 246 g/mol. The second-order valence-electron chi connectivity index (χ2n) is 4.89. The molecular weight excluding hydrogens is 213 g/mol. The van der Waals surface area contributed by atoms with Gasteiger partial charge in [0.15, 0.2) is 0 Å². The summed E-state index contributed by atoms with van der Waals surface area (Å²) < 4.78 is 0. The maximum absolute atomic E-state index is 3.77. The Balaban J connectivity index is 0. The molecular formula is C16H33LiN. The molecule has 0 atom stereocenters. The molecule has 0 aliphatic heterocycles. The summed E-state index contributed by atoms with van der Waals surface area (Å²) in [5.41, 5.74) is 0. The van der Waals surface area contributed by atoms with E-state index in [1.54, 1.807) is 0 Å². The van der Waals surface area contributed by atoms with Crippen molar-refractivity contribution in [2.75, 3.05) is 19.6 Å². The Kier molecular flexibility index (Phi) is 19.8. The van der Waals surface area contributed by atoms with Crippen molar-refractivity contribution < 1.29 is 0 Å². The predicted molar refractivity (Wildman–Crippen MR) is 86.4 cm³/mol. The Bertz CT molecular complexity index is 156. The molecule has 0 aromatic carbocycles. The first-order chi connectivity index (χ1) is 8.35. The molecule has 0 bridgehead atoms. The Morgan fingerprint density at radius 1 is 0.833 bits per heavy atom. The molecule has 1 nitrogen and oxygen atoms in total. The van der Waals surface area contributed by atoms with E-state index in [0.717, 1.165) is 6.54 Å². The third kappa shape index (κ3) is 14.4. The molecule has 2 heteroatoms. The first-order valence-corrected chi connectivity index (χ1v) is 7.51. The van der Waals surface area contributed by atoms with Gasteiger partial charge in [0.05, 0.1) is 0 Å². The van der Waals surface area contributed by atoms with Gasteiger partial charge in [-0.3, -0.25) is 4.90 Å². The Morgan fingerprint density at radius 3 is 1.72 bits per heavy atom. The zero-order valence-corrected chi connectivity index (χ0v) is 12.1. The van der Waals surface area contributed by atoms with Crippen molar-refractivity contribution >= 4 is 18.9 Å². The normalized spacial score (nSPS) is 11.1. The van der Waals surface area contributed by atoms with Gasteiger partial charge in [-0.2, -0.15) is 0 Å². The van der Waals surface area contributed by atoms with Gasteiger partial charge < -0.3 is 0 Å². The molecule has 18 heavy (non-hydrogen) atoms. The van der Waals surface area contributed by atoms with Crippen molar-refractivity contribution in [3.8, 4) is 0 Å². The van der Waals surface area contributed by atoms with Crippen molar-refractivity contribution in [3.05, 3.63) is 19.1 Å². The van der Waals surface area contributed by atoms with Crippen LogP contribution in [-0.4, -0.2) is 43.4 Å². The quantitative estimate of drug-likeness (QED) is 0.368. The van der Waals surface area contributed by atoms with Crippen molar-refractivity contribution in [3.63, 3.8) is 0 Å². The fourth-order valence-electron chi connectivity index (χ4n) is 2.04. The third-order valence-corrected chi connectivity index (χ3v) is 3.19. The van der Waals surface area contributed by atoms with Gasteiger partial charge >= 0.3 is 18.9 Å². The summed E-state index contributed by atoms with van der Waals surface area (Å²) in [5.74, 6) is 0. The van der Waals surface area contributed by atoms with Crippen LogP contribution < -0.4 is 0 Å². The molecule has 0 aromatic rings. The standard InChI is InChI=1S/C16H32N.Li.H/c1-4-7-10-12-15-17(14-9-6-3)16-13-11-8-5-2;;/h6,9H,3-5,7-8,10-16H2,1-2H3;;/b9-6+;;. The molecule has 0 saturated heterocycles. The van der Waals surface area contributed by atoms with E-state index in [1.165, 1.54) is 64.5 Å². The molecule has 0 aliphatic carbocycles. The summed E-state index contributed by atoms with van der Waals surface area (Å²) in [6.07, 6.45) is 15.0. The van der Waals surface area contributed by atoms with Crippen molar-refractivity contribution in [1.29, 1.82) is 0 Å². The predicted octanol–water partition coefficient (Wildman–Crippen LogP) is 4.19. The number of rotatable bonds is 12. The molecule has 103 valence electrons. The van der Waals surface area contributed by atoms with Gasteiger partial charge in [0.2, 0.25) is 0 Å². The van der Waals surface area contributed by atoms with Gasteiger partial charge in [0.25, 0.3) is 0 Å². The molecule has 0 amide bonds. The van der Waals surface area contributed by atoms with Gasteiger partial charge in [-0.15, -0.1) is 0 Å². The average Bonchev–Trinajstić information content (AvgIpc) is 2.35. The van der Waals surface area contributed by atoms with Gasteiger partial charge in [0, 0.05) is 6.54 Å². The molecule has 0 fully saturated rings. The fourth-order valence-corrected chi connectivity index (χ4v) is 2.04. The van der Waals surface area contributed by atoms with Crippen molar-refractivity contribution in [2.24, 2.45) is 0 Å². The molecule has 0 heterocycles. The van der Waals surface area contributed by atoms with E-state index in [4.69, 9.17) is 0 Å². The second kappa shape index (κ2) is 17.3. The SMILES string of the molecule is [CH2]/C=C/CN(CCCCCC)CCCCCC.[LiH]. The van der Waals surface area contributed by atoms with E-state index in [2.05, 4.69) is 31.7 Å². The van der Waals surface area contributed by atoms with Gasteiger partial charge in [-0.05, 0) is 32.9 Å². The van der Waals surface area contributed by atoms with E-state index in [0.29, 0.717) is 0 Å². The van der Waals surface area contributed by atoms with Crippen LogP contribution in [0.25, 0.3) is 0 Å². The number of nitrogens with zero attached hydrogens (tertiary/aromatic N) is 1. The number of allylic oxidation sites excluding steroid dienone is 1. The van der Waals surface area contributed by atoms with Crippen LogP contribution in [0.1, 0.15) is 65.2 Å². The third-order valence-electron chi connectivity index (χ3n) is 3.19. The first-order valence-electron chi connectivity index (χ1n) is 7.51.